The number of nitrogens with one attached hydrogen (secondary N) is 3. The lowest BCUT2D eigenvalue weighted by Crippen LogP contribution is -2.46. The zero-order chi connectivity index (χ0) is 21.4. The molecule has 0 fully saturated rings. The highest BCUT2D eigenvalue weighted by molar-refractivity contribution is 6.31. The summed E-state index contributed by atoms with van der Waals surface area (Å²) in [6, 6.07) is 12.3. The van der Waals surface area contributed by atoms with Gasteiger partial charge in [0.1, 0.15) is 11.8 Å². The van der Waals surface area contributed by atoms with Crippen LogP contribution in [0.5, 0.6) is 5.75 Å². The number of halogens is 1. The molecule has 29 heavy (non-hydrogen) atoms. The normalized spacial score (nSPS) is 11.5. The molecule has 0 saturated carbocycles. The molecule has 4 amide bonds. The first-order valence-electron chi connectivity index (χ1n) is 8.76. The molecule has 2 aromatic rings. The van der Waals surface area contributed by atoms with Crippen molar-refractivity contribution < 1.29 is 19.1 Å². The van der Waals surface area contributed by atoms with Crippen LogP contribution in [0, 0.1) is 0 Å². The number of hydrogen-bond donors (Lipinski definition) is 3. The number of anilines is 1. The van der Waals surface area contributed by atoms with Crippen molar-refractivity contribution >= 4 is 35.1 Å². The molecule has 0 unspecified atom stereocenters. The minimum atomic E-state index is -0.847. The number of urea groups is 1. The maximum absolute atomic E-state index is 12.7. The fourth-order valence-electron chi connectivity index (χ4n) is 2.77. The number of benzene rings is 2. The predicted octanol–water partition coefficient (Wildman–Crippen LogP) is 2.42. The monoisotopic (exact) mass is 418 g/mol. The Morgan fingerprint density at radius 1 is 1.14 bits per heavy atom. The van der Waals surface area contributed by atoms with E-state index < -0.39 is 18.0 Å². The highest BCUT2D eigenvalue weighted by Crippen LogP contribution is 2.28. The minimum Gasteiger partial charge on any atom is -0.495 e. The van der Waals surface area contributed by atoms with Gasteiger partial charge in [-0.15, -0.1) is 0 Å². The molecule has 1 atom stereocenters. The van der Waals surface area contributed by atoms with Gasteiger partial charge in [0.15, 0.2) is 0 Å². The van der Waals surface area contributed by atoms with Gasteiger partial charge in [0, 0.05) is 12.1 Å². The van der Waals surface area contributed by atoms with Gasteiger partial charge in [-0.2, -0.15) is 0 Å². The second kappa shape index (κ2) is 10.4. The van der Waals surface area contributed by atoms with Gasteiger partial charge in [-0.25, -0.2) is 4.79 Å². The van der Waals surface area contributed by atoms with Crippen molar-refractivity contribution in [2.24, 2.45) is 0 Å². The lowest BCUT2D eigenvalue weighted by atomic mass is 10.0. The van der Waals surface area contributed by atoms with E-state index in [1.165, 1.54) is 14.2 Å². The number of ether oxygens (including phenoxy) is 1. The van der Waals surface area contributed by atoms with Crippen molar-refractivity contribution in [2.75, 3.05) is 33.1 Å². The Balaban J connectivity index is 2.17. The molecule has 9 heteroatoms. The van der Waals surface area contributed by atoms with Gasteiger partial charge in [0.25, 0.3) is 0 Å². The summed E-state index contributed by atoms with van der Waals surface area (Å²) in [4.78, 5) is 38.4. The highest BCUT2D eigenvalue weighted by Gasteiger charge is 2.27. The second-order valence-electron chi connectivity index (χ2n) is 6.19. The van der Waals surface area contributed by atoms with Gasteiger partial charge in [0.2, 0.25) is 11.8 Å². The molecule has 154 valence electrons. The summed E-state index contributed by atoms with van der Waals surface area (Å²) in [5.74, 6) is -0.463. The number of carbonyl (C=O) groups excluding carboxylic acids is 3. The second-order valence-corrected chi connectivity index (χ2v) is 6.63. The number of amides is 4. The summed E-state index contributed by atoms with van der Waals surface area (Å²) in [5.41, 5.74) is 1.06. The number of carbonyl (C=O) groups is 3. The van der Waals surface area contributed by atoms with Gasteiger partial charge in [0.05, 0.1) is 19.3 Å². The third-order valence-electron chi connectivity index (χ3n) is 4.10. The molecule has 0 aliphatic carbocycles. The third kappa shape index (κ3) is 6.20. The van der Waals surface area contributed by atoms with Crippen LogP contribution < -0.4 is 20.7 Å². The molecule has 2 aromatic carbocycles. The van der Waals surface area contributed by atoms with Crippen LogP contribution in [0.4, 0.5) is 10.5 Å². The van der Waals surface area contributed by atoms with Crippen LogP contribution >= 0.6 is 11.6 Å². The summed E-state index contributed by atoms with van der Waals surface area (Å²) in [5, 5.41) is 7.77. The van der Waals surface area contributed by atoms with Crippen LogP contribution in [0.2, 0.25) is 5.02 Å². The summed E-state index contributed by atoms with van der Waals surface area (Å²) in [6.45, 7) is -0.115. The minimum absolute atomic E-state index is 0.115. The van der Waals surface area contributed by atoms with E-state index in [2.05, 4.69) is 16.0 Å². The average Bonchev–Trinajstić information content (AvgIpc) is 2.68. The fourth-order valence-corrected chi connectivity index (χ4v) is 2.94. The maximum Gasteiger partial charge on any atom is 0.321 e. The van der Waals surface area contributed by atoms with E-state index in [9.17, 15) is 14.4 Å². The lowest BCUT2D eigenvalue weighted by Gasteiger charge is -2.26. The Morgan fingerprint density at radius 3 is 2.45 bits per heavy atom. The molecule has 3 N–H and O–H groups in total. The Bertz CT molecular complexity index is 876. The zero-order valence-corrected chi connectivity index (χ0v) is 17.1. The number of nitrogens with zero attached hydrogens (tertiary/aromatic N) is 1. The molecule has 0 heterocycles. The predicted molar refractivity (Wildman–Crippen MR) is 111 cm³/mol. The van der Waals surface area contributed by atoms with Gasteiger partial charge >= 0.3 is 6.03 Å². The van der Waals surface area contributed by atoms with E-state index in [1.54, 1.807) is 54.4 Å². The van der Waals surface area contributed by atoms with Gasteiger partial charge in [-0.3, -0.25) is 19.8 Å². The summed E-state index contributed by atoms with van der Waals surface area (Å²) >= 11 is 5.99. The van der Waals surface area contributed by atoms with Crippen molar-refractivity contribution in [2.45, 2.75) is 6.04 Å². The molecule has 0 saturated heterocycles. The quantitative estimate of drug-likeness (QED) is 0.641. The summed E-state index contributed by atoms with van der Waals surface area (Å²) in [7, 11) is 4.52. The first kappa shape index (κ1) is 22.2. The van der Waals surface area contributed by atoms with Crippen molar-refractivity contribution in [1.29, 1.82) is 0 Å². The lowest BCUT2D eigenvalue weighted by molar-refractivity contribution is -0.126. The van der Waals surface area contributed by atoms with E-state index in [0.29, 0.717) is 22.0 Å². The number of likely N-dealkylation sites (N-methyl/N-ethyl adjacent to an activating group) is 1. The van der Waals surface area contributed by atoms with Crippen LogP contribution in [-0.2, 0) is 9.59 Å². The number of methoxy groups -OCH3 is 1. The molecular formula is C20H23ClN4O4. The summed E-state index contributed by atoms with van der Waals surface area (Å²) in [6.07, 6.45) is 0. The first-order chi connectivity index (χ1) is 13.8. The zero-order valence-electron chi connectivity index (χ0n) is 16.4. The molecule has 0 aliphatic heterocycles. The van der Waals surface area contributed by atoms with E-state index in [4.69, 9.17) is 16.3 Å². The number of rotatable bonds is 7. The van der Waals surface area contributed by atoms with Crippen LogP contribution in [-0.4, -0.2) is 50.5 Å². The van der Waals surface area contributed by atoms with Crippen molar-refractivity contribution in [3.8, 4) is 5.75 Å². The molecule has 0 aliphatic rings. The molecule has 0 radical (unpaired) electrons. The smallest absolute Gasteiger partial charge is 0.321 e. The van der Waals surface area contributed by atoms with Crippen molar-refractivity contribution in [3.63, 3.8) is 0 Å². The molecule has 8 nitrogen and oxygen atoms in total. The molecule has 2 rings (SSSR count). The van der Waals surface area contributed by atoms with Crippen LogP contribution in [0.15, 0.2) is 48.5 Å². The third-order valence-corrected chi connectivity index (χ3v) is 4.33. The van der Waals surface area contributed by atoms with Crippen molar-refractivity contribution in [1.82, 2.24) is 15.5 Å². The van der Waals surface area contributed by atoms with E-state index in [-0.39, 0.29) is 12.5 Å². The largest absolute Gasteiger partial charge is 0.495 e. The Morgan fingerprint density at radius 2 is 1.83 bits per heavy atom. The van der Waals surface area contributed by atoms with Crippen LogP contribution in [0.3, 0.4) is 0 Å². The highest BCUT2D eigenvalue weighted by atomic mass is 35.5. The van der Waals surface area contributed by atoms with E-state index in [1.807, 2.05) is 6.07 Å². The van der Waals surface area contributed by atoms with E-state index in [0.717, 1.165) is 0 Å². The molecule has 0 spiro atoms. The Kier molecular flexibility index (Phi) is 7.99. The van der Waals surface area contributed by atoms with Gasteiger partial charge in [-0.1, -0.05) is 41.9 Å². The number of imide groups is 1. The standard InChI is InChI=1S/C20H23ClN4O4/c1-22-20(28)24-19(27)18(13-7-5-4-6-8-13)25(2)12-17(26)23-15-11-14(21)9-10-16(15)29-3/h4-11,18H,12H2,1-3H3,(H,23,26)(H2,22,24,27,28)/t18-/m0/s1. The van der Waals surface area contributed by atoms with Crippen LogP contribution in [0.25, 0.3) is 0 Å². The topological polar surface area (TPSA) is 99.8 Å². The molecule has 0 bridgehead atoms. The van der Waals surface area contributed by atoms with E-state index >= 15 is 0 Å². The van der Waals surface area contributed by atoms with Gasteiger partial charge in [-0.05, 0) is 30.8 Å². The summed E-state index contributed by atoms with van der Waals surface area (Å²) < 4.78 is 5.22. The fraction of sp³-hybridized carbons (Fsp3) is 0.250. The first-order valence-corrected chi connectivity index (χ1v) is 9.14. The van der Waals surface area contributed by atoms with Gasteiger partial charge < -0.3 is 15.4 Å². The maximum atomic E-state index is 12.7. The SMILES string of the molecule is CNC(=O)NC(=O)[C@H](c1ccccc1)N(C)CC(=O)Nc1cc(Cl)ccc1OC. The van der Waals surface area contributed by atoms with Crippen molar-refractivity contribution in [3.05, 3.63) is 59.1 Å². The molecule has 0 aromatic heterocycles. The Hall–Kier alpha value is -3.10. The number of hydrogen-bond acceptors (Lipinski definition) is 5. The van der Waals surface area contributed by atoms with Crippen LogP contribution in [0.1, 0.15) is 11.6 Å². The molecular weight excluding hydrogens is 396 g/mol. The Labute approximate surface area is 174 Å². The average molecular weight is 419 g/mol.